The Morgan fingerprint density at radius 3 is 2.76 bits per heavy atom. The zero-order valence-corrected chi connectivity index (χ0v) is 12.9. The van der Waals surface area contributed by atoms with Crippen LogP contribution in [0.25, 0.3) is 0 Å². The van der Waals surface area contributed by atoms with Crippen LogP contribution in [0.5, 0.6) is 0 Å². The van der Waals surface area contributed by atoms with Crippen LogP contribution in [0.1, 0.15) is 30.4 Å². The predicted molar refractivity (Wildman–Crippen MR) is 81.4 cm³/mol. The summed E-state index contributed by atoms with van der Waals surface area (Å²) < 4.78 is 13.1. The SMILES string of the molecule is Cc1cc(CNC(=O)CN(C)CCCCCO)ccc1F. The number of aryl methyl sites for hydroxylation is 1. The lowest BCUT2D eigenvalue weighted by atomic mass is 10.1. The second kappa shape index (κ2) is 9.47. The minimum Gasteiger partial charge on any atom is -0.396 e. The van der Waals surface area contributed by atoms with Crippen LogP contribution in [0.15, 0.2) is 18.2 Å². The second-order valence-corrected chi connectivity index (χ2v) is 5.38. The predicted octanol–water partition coefficient (Wildman–Crippen LogP) is 1.84. The van der Waals surface area contributed by atoms with E-state index in [9.17, 15) is 9.18 Å². The van der Waals surface area contributed by atoms with E-state index in [4.69, 9.17) is 5.11 Å². The number of carbonyl (C=O) groups excluding carboxylic acids is 1. The fourth-order valence-electron chi connectivity index (χ4n) is 2.07. The number of carbonyl (C=O) groups is 1. The van der Waals surface area contributed by atoms with Gasteiger partial charge in [-0.15, -0.1) is 0 Å². The molecule has 1 aromatic rings. The van der Waals surface area contributed by atoms with Gasteiger partial charge in [0.25, 0.3) is 0 Å². The number of amides is 1. The molecule has 0 fully saturated rings. The standard InChI is InChI=1S/C16H25FN2O2/c1-13-10-14(6-7-15(13)17)11-18-16(21)12-19(2)8-4-3-5-9-20/h6-7,10,20H,3-5,8-9,11-12H2,1-2H3,(H,18,21). The van der Waals surface area contributed by atoms with Crippen LogP contribution in [-0.2, 0) is 11.3 Å². The Bertz CT molecular complexity index is 452. The highest BCUT2D eigenvalue weighted by Gasteiger charge is 2.06. The Labute approximate surface area is 126 Å². The molecule has 0 atom stereocenters. The van der Waals surface area contributed by atoms with Gasteiger partial charge in [0.05, 0.1) is 6.54 Å². The van der Waals surface area contributed by atoms with Gasteiger partial charge in [-0.05, 0) is 57.0 Å². The average Bonchev–Trinajstić information content (AvgIpc) is 2.45. The smallest absolute Gasteiger partial charge is 0.234 e. The summed E-state index contributed by atoms with van der Waals surface area (Å²) >= 11 is 0. The largest absolute Gasteiger partial charge is 0.396 e. The molecule has 5 heteroatoms. The van der Waals surface area contributed by atoms with Crippen molar-refractivity contribution < 1.29 is 14.3 Å². The number of nitrogens with one attached hydrogen (secondary N) is 1. The second-order valence-electron chi connectivity index (χ2n) is 5.38. The molecule has 0 saturated heterocycles. The van der Waals surface area contributed by atoms with E-state index in [1.807, 2.05) is 11.9 Å². The van der Waals surface area contributed by atoms with Crippen molar-refractivity contribution in [2.24, 2.45) is 0 Å². The first-order valence-electron chi connectivity index (χ1n) is 7.34. The molecule has 0 aliphatic heterocycles. The number of aliphatic hydroxyl groups is 1. The molecule has 1 amide bonds. The highest BCUT2D eigenvalue weighted by Crippen LogP contribution is 2.08. The first-order chi connectivity index (χ1) is 10.0. The van der Waals surface area contributed by atoms with Crippen molar-refractivity contribution in [2.45, 2.75) is 32.7 Å². The maximum atomic E-state index is 13.1. The van der Waals surface area contributed by atoms with E-state index < -0.39 is 0 Å². The Morgan fingerprint density at radius 2 is 2.10 bits per heavy atom. The topological polar surface area (TPSA) is 52.6 Å². The molecular formula is C16H25FN2O2. The number of rotatable bonds is 9. The Balaban J connectivity index is 2.25. The van der Waals surface area contributed by atoms with Crippen LogP contribution < -0.4 is 5.32 Å². The van der Waals surface area contributed by atoms with Gasteiger partial charge < -0.3 is 10.4 Å². The number of hydrogen-bond donors (Lipinski definition) is 2. The minimum absolute atomic E-state index is 0.0402. The van der Waals surface area contributed by atoms with Crippen LogP contribution >= 0.6 is 0 Å². The van der Waals surface area contributed by atoms with Gasteiger partial charge in [-0.2, -0.15) is 0 Å². The number of hydrogen-bond acceptors (Lipinski definition) is 3. The highest BCUT2D eigenvalue weighted by atomic mass is 19.1. The molecule has 0 unspecified atom stereocenters. The monoisotopic (exact) mass is 296 g/mol. The summed E-state index contributed by atoms with van der Waals surface area (Å²) in [5.41, 5.74) is 1.48. The summed E-state index contributed by atoms with van der Waals surface area (Å²) in [6.45, 7) is 3.53. The third-order valence-electron chi connectivity index (χ3n) is 3.32. The molecule has 0 saturated carbocycles. The van der Waals surface area contributed by atoms with Gasteiger partial charge in [0, 0.05) is 13.2 Å². The van der Waals surface area contributed by atoms with Crippen LogP contribution in [-0.4, -0.2) is 42.7 Å². The van der Waals surface area contributed by atoms with Gasteiger partial charge in [-0.1, -0.05) is 12.1 Å². The molecule has 1 aromatic carbocycles. The van der Waals surface area contributed by atoms with E-state index in [2.05, 4.69) is 5.32 Å². The molecule has 0 radical (unpaired) electrons. The Hall–Kier alpha value is -1.46. The number of unbranched alkanes of at least 4 members (excludes halogenated alkanes) is 2. The maximum absolute atomic E-state index is 13.1. The first kappa shape index (κ1) is 17.6. The van der Waals surface area contributed by atoms with Gasteiger partial charge in [0.2, 0.25) is 5.91 Å². The maximum Gasteiger partial charge on any atom is 0.234 e. The van der Waals surface area contributed by atoms with Crippen LogP contribution in [0.3, 0.4) is 0 Å². The Morgan fingerprint density at radius 1 is 1.33 bits per heavy atom. The molecule has 2 N–H and O–H groups in total. The summed E-state index contributed by atoms with van der Waals surface area (Å²) in [4.78, 5) is 13.8. The highest BCUT2D eigenvalue weighted by molar-refractivity contribution is 5.77. The quantitative estimate of drug-likeness (QED) is 0.684. The summed E-state index contributed by atoms with van der Waals surface area (Å²) in [6.07, 6.45) is 2.75. The van der Waals surface area contributed by atoms with Gasteiger partial charge in [-0.25, -0.2) is 4.39 Å². The summed E-state index contributed by atoms with van der Waals surface area (Å²) in [7, 11) is 1.90. The van der Waals surface area contributed by atoms with E-state index in [1.165, 1.54) is 6.07 Å². The van der Waals surface area contributed by atoms with Gasteiger partial charge >= 0.3 is 0 Å². The number of halogens is 1. The molecular weight excluding hydrogens is 271 g/mol. The lowest BCUT2D eigenvalue weighted by molar-refractivity contribution is -0.122. The first-order valence-corrected chi connectivity index (χ1v) is 7.34. The molecule has 0 spiro atoms. The lowest BCUT2D eigenvalue weighted by Crippen LogP contribution is -2.35. The molecule has 0 bridgehead atoms. The summed E-state index contributed by atoms with van der Waals surface area (Å²) in [6, 6.07) is 4.85. The molecule has 118 valence electrons. The van der Waals surface area contributed by atoms with Crippen LogP contribution in [0.4, 0.5) is 4.39 Å². The number of nitrogens with zero attached hydrogens (tertiary/aromatic N) is 1. The number of benzene rings is 1. The summed E-state index contributed by atoms with van der Waals surface area (Å²) in [5.74, 6) is -0.269. The van der Waals surface area contributed by atoms with E-state index >= 15 is 0 Å². The third kappa shape index (κ3) is 7.20. The lowest BCUT2D eigenvalue weighted by Gasteiger charge is -2.16. The van der Waals surface area contributed by atoms with E-state index in [0.29, 0.717) is 18.7 Å². The molecule has 0 heterocycles. The summed E-state index contributed by atoms with van der Waals surface area (Å²) in [5, 5.41) is 11.5. The number of aliphatic hydroxyl groups excluding tert-OH is 1. The average molecular weight is 296 g/mol. The Kier molecular flexibility index (Phi) is 7.93. The van der Waals surface area contributed by atoms with E-state index in [-0.39, 0.29) is 18.3 Å². The normalized spacial score (nSPS) is 10.9. The van der Waals surface area contributed by atoms with Crippen LogP contribution in [0, 0.1) is 12.7 Å². The fraction of sp³-hybridized carbons (Fsp3) is 0.562. The third-order valence-corrected chi connectivity index (χ3v) is 3.32. The molecule has 0 aliphatic carbocycles. The van der Waals surface area contributed by atoms with Crippen molar-refractivity contribution in [1.82, 2.24) is 10.2 Å². The van der Waals surface area contributed by atoms with Crippen molar-refractivity contribution in [2.75, 3.05) is 26.7 Å². The van der Waals surface area contributed by atoms with Gasteiger partial charge in [-0.3, -0.25) is 9.69 Å². The number of likely N-dealkylation sites (N-methyl/N-ethyl adjacent to an activating group) is 1. The zero-order valence-electron chi connectivity index (χ0n) is 12.9. The molecule has 1 rings (SSSR count). The van der Waals surface area contributed by atoms with Crippen molar-refractivity contribution in [3.63, 3.8) is 0 Å². The molecule has 0 aliphatic rings. The van der Waals surface area contributed by atoms with Crippen molar-refractivity contribution in [3.05, 3.63) is 35.1 Å². The van der Waals surface area contributed by atoms with Crippen molar-refractivity contribution >= 4 is 5.91 Å². The fourth-order valence-corrected chi connectivity index (χ4v) is 2.07. The van der Waals surface area contributed by atoms with E-state index in [1.54, 1.807) is 19.1 Å². The van der Waals surface area contributed by atoms with E-state index in [0.717, 1.165) is 31.4 Å². The van der Waals surface area contributed by atoms with Gasteiger partial charge in [0.15, 0.2) is 0 Å². The zero-order chi connectivity index (χ0) is 15.7. The minimum atomic E-state index is -0.229. The molecule has 0 aromatic heterocycles. The molecule has 21 heavy (non-hydrogen) atoms. The molecule has 4 nitrogen and oxygen atoms in total. The van der Waals surface area contributed by atoms with Gasteiger partial charge in [0.1, 0.15) is 5.82 Å². The van der Waals surface area contributed by atoms with Crippen molar-refractivity contribution in [1.29, 1.82) is 0 Å². The van der Waals surface area contributed by atoms with Crippen LogP contribution in [0.2, 0.25) is 0 Å². The van der Waals surface area contributed by atoms with Crippen molar-refractivity contribution in [3.8, 4) is 0 Å².